The molecule has 0 aliphatic carbocycles. The average Bonchev–Trinajstić information content (AvgIpc) is 2.79. The Morgan fingerprint density at radius 3 is 1.63 bits per heavy atom. The smallest absolute Gasteiger partial charge is 0.141 e. The summed E-state index contributed by atoms with van der Waals surface area (Å²) >= 11 is 0. The van der Waals surface area contributed by atoms with Crippen molar-refractivity contribution in [2.45, 2.75) is 0 Å². The Balaban J connectivity index is 1.59. The number of hydrogen-bond donors (Lipinski definition) is 2. The molecule has 0 aliphatic rings. The first kappa shape index (κ1) is 19.2. The van der Waals surface area contributed by atoms with Gasteiger partial charge in [-0.1, -0.05) is 72.8 Å². The molecule has 0 radical (unpaired) electrons. The van der Waals surface area contributed by atoms with Crippen LogP contribution in [0.4, 0.5) is 11.4 Å². The maximum absolute atomic E-state index is 10.4. The molecule has 0 unspecified atom stereocenters. The van der Waals surface area contributed by atoms with Crippen LogP contribution in [-0.4, -0.2) is 22.6 Å². The first-order chi connectivity index (χ1) is 14.7. The minimum absolute atomic E-state index is 0.0853. The summed E-state index contributed by atoms with van der Waals surface area (Å²) in [5.74, 6) is 0.182. The molecule has 0 saturated heterocycles. The molecule has 4 aromatic carbocycles. The Hall–Kier alpha value is -4.18. The van der Waals surface area contributed by atoms with Crippen molar-refractivity contribution in [2.24, 2.45) is 9.98 Å². The third-order valence-electron chi connectivity index (χ3n) is 4.59. The van der Waals surface area contributed by atoms with E-state index in [2.05, 4.69) is 9.98 Å². The number of nitrogens with zero attached hydrogens (tertiary/aromatic N) is 2. The SMILES string of the molecule is Oc1cc(-c2ccc(O)c(/N=C\c3ccccc3)c2)ccc1/N=C\c1ccccc1. The van der Waals surface area contributed by atoms with Crippen LogP contribution in [0.3, 0.4) is 0 Å². The molecule has 0 aromatic heterocycles. The van der Waals surface area contributed by atoms with E-state index in [1.165, 1.54) is 0 Å². The van der Waals surface area contributed by atoms with Crippen LogP contribution in [0.5, 0.6) is 11.5 Å². The van der Waals surface area contributed by atoms with Crippen molar-refractivity contribution >= 4 is 23.8 Å². The second kappa shape index (κ2) is 8.88. The molecule has 4 aromatic rings. The van der Waals surface area contributed by atoms with Crippen molar-refractivity contribution in [3.05, 3.63) is 108 Å². The lowest BCUT2D eigenvalue weighted by Gasteiger charge is -2.07. The van der Waals surface area contributed by atoms with E-state index < -0.39 is 0 Å². The lowest BCUT2D eigenvalue weighted by Crippen LogP contribution is -1.82. The average molecular weight is 392 g/mol. The third kappa shape index (κ3) is 4.62. The summed E-state index contributed by atoms with van der Waals surface area (Å²) in [6, 6.07) is 29.9. The first-order valence-corrected chi connectivity index (χ1v) is 9.54. The second-order valence-corrected chi connectivity index (χ2v) is 6.74. The number of hydrogen-bond acceptors (Lipinski definition) is 4. The molecule has 146 valence electrons. The van der Waals surface area contributed by atoms with Gasteiger partial charge in [0, 0.05) is 12.4 Å². The van der Waals surface area contributed by atoms with Gasteiger partial charge in [-0.15, -0.1) is 0 Å². The van der Waals surface area contributed by atoms with Crippen LogP contribution in [0.1, 0.15) is 11.1 Å². The van der Waals surface area contributed by atoms with Crippen LogP contribution in [0.2, 0.25) is 0 Å². The van der Waals surface area contributed by atoms with E-state index in [0.29, 0.717) is 11.4 Å². The number of aliphatic imine (C=N–C) groups is 2. The van der Waals surface area contributed by atoms with Crippen molar-refractivity contribution in [1.29, 1.82) is 0 Å². The zero-order valence-corrected chi connectivity index (χ0v) is 16.2. The summed E-state index contributed by atoms with van der Waals surface area (Å²) in [5, 5.41) is 20.6. The summed E-state index contributed by atoms with van der Waals surface area (Å²) in [7, 11) is 0. The maximum atomic E-state index is 10.4. The topological polar surface area (TPSA) is 65.2 Å². The summed E-state index contributed by atoms with van der Waals surface area (Å²) in [5.41, 5.74) is 4.50. The van der Waals surface area contributed by atoms with E-state index >= 15 is 0 Å². The van der Waals surface area contributed by atoms with Gasteiger partial charge in [0.05, 0.1) is 0 Å². The highest BCUT2D eigenvalue weighted by atomic mass is 16.3. The third-order valence-corrected chi connectivity index (χ3v) is 4.59. The van der Waals surface area contributed by atoms with E-state index in [4.69, 9.17) is 0 Å². The quantitative estimate of drug-likeness (QED) is 0.393. The van der Waals surface area contributed by atoms with Gasteiger partial charge in [-0.2, -0.15) is 0 Å². The van der Waals surface area contributed by atoms with E-state index in [9.17, 15) is 10.2 Å². The Morgan fingerprint density at radius 1 is 0.500 bits per heavy atom. The van der Waals surface area contributed by atoms with Crippen LogP contribution in [0.15, 0.2) is 107 Å². The molecular weight excluding hydrogens is 372 g/mol. The fraction of sp³-hybridized carbons (Fsp3) is 0. The van der Waals surface area contributed by atoms with Crippen LogP contribution < -0.4 is 0 Å². The Morgan fingerprint density at radius 2 is 1.03 bits per heavy atom. The molecule has 30 heavy (non-hydrogen) atoms. The second-order valence-electron chi connectivity index (χ2n) is 6.74. The van der Waals surface area contributed by atoms with Crippen LogP contribution in [-0.2, 0) is 0 Å². The number of phenols is 2. The highest BCUT2D eigenvalue weighted by molar-refractivity contribution is 5.85. The van der Waals surface area contributed by atoms with Gasteiger partial charge >= 0.3 is 0 Å². The standard InChI is InChI=1S/C26H20N2O2/c29-25-14-12-21(15-24(25)28-18-20-9-5-2-6-10-20)22-11-13-23(26(30)16-22)27-17-19-7-3-1-4-8-19/h1-18,29-30H/b27-17-,28-18-. The zero-order chi connectivity index (χ0) is 20.8. The molecule has 0 bridgehead atoms. The van der Waals surface area contributed by atoms with Crippen molar-refractivity contribution in [1.82, 2.24) is 0 Å². The van der Waals surface area contributed by atoms with Crippen molar-refractivity contribution in [3.8, 4) is 22.6 Å². The van der Waals surface area contributed by atoms with Crippen LogP contribution >= 0.6 is 0 Å². The monoisotopic (exact) mass is 392 g/mol. The van der Waals surface area contributed by atoms with Crippen LogP contribution in [0, 0.1) is 0 Å². The van der Waals surface area contributed by atoms with E-state index in [1.54, 1.807) is 42.8 Å². The van der Waals surface area contributed by atoms with E-state index in [-0.39, 0.29) is 11.5 Å². The highest BCUT2D eigenvalue weighted by Crippen LogP contribution is 2.36. The van der Waals surface area contributed by atoms with Crippen molar-refractivity contribution in [2.75, 3.05) is 0 Å². The Labute approximate surface area is 175 Å². The summed E-state index contributed by atoms with van der Waals surface area (Å²) in [6.45, 7) is 0. The first-order valence-electron chi connectivity index (χ1n) is 9.54. The van der Waals surface area contributed by atoms with Gasteiger partial charge in [0.15, 0.2) is 0 Å². The zero-order valence-electron chi connectivity index (χ0n) is 16.2. The lowest BCUT2D eigenvalue weighted by atomic mass is 10.0. The molecular formula is C26H20N2O2. The molecule has 4 rings (SSSR count). The minimum atomic E-state index is 0.0853. The van der Waals surface area contributed by atoms with E-state index in [0.717, 1.165) is 22.3 Å². The number of benzene rings is 4. The molecule has 4 heteroatoms. The van der Waals surface area contributed by atoms with Crippen molar-refractivity contribution in [3.63, 3.8) is 0 Å². The molecule has 0 amide bonds. The molecule has 0 atom stereocenters. The molecule has 0 saturated carbocycles. The predicted molar refractivity (Wildman–Crippen MR) is 123 cm³/mol. The van der Waals surface area contributed by atoms with Gasteiger partial charge in [-0.25, -0.2) is 0 Å². The van der Waals surface area contributed by atoms with Crippen LogP contribution in [0.25, 0.3) is 11.1 Å². The lowest BCUT2D eigenvalue weighted by molar-refractivity contribution is 0.477. The molecule has 2 N–H and O–H groups in total. The minimum Gasteiger partial charge on any atom is -0.506 e. The summed E-state index contributed by atoms with van der Waals surface area (Å²) in [4.78, 5) is 8.77. The summed E-state index contributed by atoms with van der Waals surface area (Å²) < 4.78 is 0. The van der Waals surface area contributed by atoms with Gasteiger partial charge in [-0.05, 0) is 46.5 Å². The van der Waals surface area contributed by atoms with Gasteiger partial charge < -0.3 is 10.2 Å². The fourth-order valence-electron chi connectivity index (χ4n) is 2.98. The Bertz CT molecular complexity index is 1200. The number of aromatic hydroxyl groups is 2. The number of phenolic OH excluding ortho intramolecular Hbond substituents is 2. The van der Waals surface area contributed by atoms with Gasteiger partial charge in [0.2, 0.25) is 0 Å². The van der Waals surface area contributed by atoms with Crippen molar-refractivity contribution < 1.29 is 10.2 Å². The number of rotatable bonds is 5. The highest BCUT2D eigenvalue weighted by Gasteiger charge is 2.07. The Kier molecular flexibility index (Phi) is 5.67. The maximum Gasteiger partial charge on any atom is 0.141 e. The van der Waals surface area contributed by atoms with E-state index in [1.807, 2.05) is 66.7 Å². The summed E-state index contributed by atoms with van der Waals surface area (Å²) in [6.07, 6.45) is 3.42. The fourth-order valence-corrected chi connectivity index (χ4v) is 2.98. The largest absolute Gasteiger partial charge is 0.506 e. The predicted octanol–water partition coefficient (Wildman–Crippen LogP) is 6.27. The molecule has 0 heterocycles. The van der Waals surface area contributed by atoms with Gasteiger partial charge in [0.1, 0.15) is 22.9 Å². The molecule has 0 fully saturated rings. The van der Waals surface area contributed by atoms with Gasteiger partial charge in [-0.3, -0.25) is 9.98 Å². The molecule has 0 spiro atoms. The normalized spacial score (nSPS) is 11.3. The molecule has 0 aliphatic heterocycles. The van der Waals surface area contributed by atoms with Gasteiger partial charge in [0.25, 0.3) is 0 Å². The molecule has 4 nitrogen and oxygen atoms in total.